The molecule has 3 aliphatic heterocycles. The summed E-state index contributed by atoms with van der Waals surface area (Å²) in [4.78, 5) is 2.48. The van der Waals surface area contributed by atoms with Crippen molar-refractivity contribution >= 4 is 5.71 Å². The second kappa shape index (κ2) is 7.79. The molecule has 0 aliphatic carbocycles. The zero-order valence-corrected chi connectivity index (χ0v) is 17.8. The van der Waals surface area contributed by atoms with Crippen molar-refractivity contribution in [2.45, 2.75) is 57.5 Å². The Labute approximate surface area is 181 Å². The number of fused-ring (bicyclic) bond motifs is 4. The molecule has 1 fully saturated rings. The summed E-state index contributed by atoms with van der Waals surface area (Å²) in [6.45, 7) is 3.56. The monoisotopic (exact) mass is 427 g/mol. The molecule has 0 radical (unpaired) electrons. The van der Waals surface area contributed by atoms with E-state index in [0.29, 0.717) is 6.04 Å². The molecule has 5 nitrogen and oxygen atoms in total. The van der Waals surface area contributed by atoms with Crippen LogP contribution in [0.25, 0.3) is 0 Å². The first-order chi connectivity index (χ1) is 14.9. The molecule has 0 bridgehead atoms. The maximum atomic E-state index is 12.5. The van der Waals surface area contributed by atoms with Gasteiger partial charge in [-0.25, -0.2) is 5.01 Å². The molecule has 0 N–H and O–H groups in total. The lowest BCUT2D eigenvalue weighted by Crippen LogP contribution is -2.59. The van der Waals surface area contributed by atoms with Crippen LogP contribution >= 0.6 is 0 Å². The quantitative estimate of drug-likeness (QED) is 0.686. The molecule has 0 amide bonds. The van der Waals surface area contributed by atoms with E-state index in [9.17, 15) is 8.78 Å². The lowest BCUT2D eigenvalue weighted by molar-refractivity contribution is -0.152. The van der Waals surface area contributed by atoms with Crippen LogP contribution in [0.4, 0.5) is 8.78 Å². The summed E-state index contributed by atoms with van der Waals surface area (Å²) in [5.74, 6) is 1.10. The van der Waals surface area contributed by atoms with E-state index in [4.69, 9.17) is 9.84 Å². The molecule has 1 saturated heterocycles. The lowest BCUT2D eigenvalue weighted by Gasteiger charge is -2.51. The third-order valence-electron chi connectivity index (χ3n) is 6.63. The SMILES string of the molecule is CC(C)N1CCC2(CC1)Oc1ccccc1[C@H]1CC(c3ccc(OC(F)F)cc3)=NN12. The van der Waals surface area contributed by atoms with Crippen molar-refractivity contribution in [3.05, 3.63) is 59.7 Å². The molecule has 3 heterocycles. The van der Waals surface area contributed by atoms with Crippen molar-refractivity contribution in [1.29, 1.82) is 0 Å². The summed E-state index contributed by atoms with van der Waals surface area (Å²) in [6, 6.07) is 15.6. The average Bonchev–Trinajstić information content (AvgIpc) is 3.21. The number of rotatable bonds is 4. The summed E-state index contributed by atoms with van der Waals surface area (Å²) in [5, 5.41) is 7.21. The van der Waals surface area contributed by atoms with Gasteiger partial charge in [0.1, 0.15) is 11.5 Å². The number of halogens is 2. The van der Waals surface area contributed by atoms with E-state index >= 15 is 0 Å². The predicted octanol–water partition coefficient (Wildman–Crippen LogP) is 5.03. The van der Waals surface area contributed by atoms with Crippen LogP contribution in [0.15, 0.2) is 53.6 Å². The molecule has 164 valence electrons. The first-order valence-electron chi connectivity index (χ1n) is 10.9. The molecule has 3 aliphatic rings. The highest BCUT2D eigenvalue weighted by Crippen LogP contribution is 2.50. The molecule has 2 aromatic rings. The molecule has 2 aromatic carbocycles. The minimum Gasteiger partial charge on any atom is -0.466 e. The average molecular weight is 427 g/mol. The van der Waals surface area contributed by atoms with Gasteiger partial charge in [0.15, 0.2) is 0 Å². The van der Waals surface area contributed by atoms with Crippen molar-refractivity contribution in [2.75, 3.05) is 13.1 Å². The number of hydrogen-bond donors (Lipinski definition) is 0. The van der Waals surface area contributed by atoms with Crippen LogP contribution in [-0.2, 0) is 0 Å². The van der Waals surface area contributed by atoms with Gasteiger partial charge in [-0.3, -0.25) is 0 Å². The summed E-state index contributed by atoms with van der Waals surface area (Å²) in [5.41, 5.74) is 2.56. The Kier molecular flexibility index (Phi) is 5.08. The van der Waals surface area contributed by atoms with Gasteiger partial charge in [0.05, 0.1) is 11.8 Å². The minimum absolute atomic E-state index is 0.113. The van der Waals surface area contributed by atoms with Gasteiger partial charge in [0.2, 0.25) is 5.72 Å². The second-order valence-corrected chi connectivity index (χ2v) is 8.73. The topological polar surface area (TPSA) is 37.3 Å². The van der Waals surface area contributed by atoms with Crippen LogP contribution in [0.1, 0.15) is 50.3 Å². The number of likely N-dealkylation sites (tertiary alicyclic amines) is 1. The fraction of sp³-hybridized carbons (Fsp3) is 0.458. The normalized spacial score (nSPS) is 22.3. The molecule has 0 unspecified atom stereocenters. The van der Waals surface area contributed by atoms with Crippen molar-refractivity contribution < 1.29 is 18.3 Å². The van der Waals surface area contributed by atoms with Gasteiger partial charge in [-0.05, 0) is 49.7 Å². The number of ether oxygens (including phenoxy) is 2. The zero-order chi connectivity index (χ0) is 21.6. The molecule has 0 saturated carbocycles. The Bertz CT molecular complexity index is 969. The van der Waals surface area contributed by atoms with Crippen LogP contribution in [0.2, 0.25) is 0 Å². The van der Waals surface area contributed by atoms with Crippen LogP contribution in [0.3, 0.4) is 0 Å². The molecule has 0 aromatic heterocycles. The van der Waals surface area contributed by atoms with Crippen molar-refractivity contribution in [1.82, 2.24) is 9.91 Å². The number of nitrogens with zero attached hydrogens (tertiary/aromatic N) is 3. The van der Waals surface area contributed by atoms with E-state index in [1.165, 1.54) is 0 Å². The molecule has 31 heavy (non-hydrogen) atoms. The highest BCUT2D eigenvalue weighted by atomic mass is 19.3. The van der Waals surface area contributed by atoms with Crippen molar-refractivity contribution in [3.63, 3.8) is 0 Å². The van der Waals surface area contributed by atoms with E-state index in [1.807, 2.05) is 12.1 Å². The van der Waals surface area contributed by atoms with Crippen LogP contribution in [0.5, 0.6) is 11.5 Å². The summed E-state index contributed by atoms with van der Waals surface area (Å²) in [7, 11) is 0. The number of para-hydroxylation sites is 1. The molecule has 1 spiro atoms. The van der Waals surface area contributed by atoms with Crippen LogP contribution < -0.4 is 9.47 Å². The third kappa shape index (κ3) is 3.65. The number of piperidine rings is 1. The first-order valence-corrected chi connectivity index (χ1v) is 10.9. The van der Waals surface area contributed by atoms with Gasteiger partial charge in [0, 0.05) is 44.0 Å². The maximum absolute atomic E-state index is 12.5. The lowest BCUT2D eigenvalue weighted by atomic mass is 9.90. The van der Waals surface area contributed by atoms with Crippen LogP contribution in [0, 0.1) is 0 Å². The minimum atomic E-state index is -2.83. The fourth-order valence-electron chi connectivity index (χ4n) is 4.95. The highest BCUT2D eigenvalue weighted by molar-refractivity contribution is 6.02. The number of hydrazone groups is 1. The van der Waals surface area contributed by atoms with E-state index in [1.54, 1.807) is 24.3 Å². The highest BCUT2D eigenvalue weighted by Gasteiger charge is 2.51. The molecule has 5 rings (SSSR count). The summed E-state index contributed by atoms with van der Waals surface area (Å²) < 4.78 is 36.1. The van der Waals surface area contributed by atoms with Gasteiger partial charge < -0.3 is 14.4 Å². The zero-order valence-electron chi connectivity index (χ0n) is 17.8. The van der Waals surface area contributed by atoms with Gasteiger partial charge in [0.25, 0.3) is 0 Å². The first kappa shape index (κ1) is 20.2. The summed E-state index contributed by atoms with van der Waals surface area (Å²) in [6.07, 6.45) is 2.52. The Morgan fingerprint density at radius 3 is 2.45 bits per heavy atom. The van der Waals surface area contributed by atoms with Crippen LogP contribution in [-0.4, -0.2) is 47.1 Å². The number of benzene rings is 2. The Hall–Kier alpha value is -2.67. The fourth-order valence-corrected chi connectivity index (χ4v) is 4.95. The number of hydrogen-bond acceptors (Lipinski definition) is 5. The van der Waals surface area contributed by atoms with E-state index < -0.39 is 12.3 Å². The molecular formula is C24H27F2N3O2. The number of alkyl halides is 2. The molecule has 1 atom stereocenters. The Morgan fingerprint density at radius 1 is 1.06 bits per heavy atom. The predicted molar refractivity (Wildman–Crippen MR) is 115 cm³/mol. The van der Waals surface area contributed by atoms with Crippen molar-refractivity contribution in [2.24, 2.45) is 5.10 Å². The van der Waals surface area contributed by atoms with Gasteiger partial charge >= 0.3 is 6.61 Å². The maximum Gasteiger partial charge on any atom is 0.387 e. The second-order valence-electron chi connectivity index (χ2n) is 8.73. The van der Waals surface area contributed by atoms with Gasteiger partial charge in [-0.1, -0.05) is 18.2 Å². The van der Waals surface area contributed by atoms with Gasteiger partial charge in [-0.15, -0.1) is 0 Å². The van der Waals surface area contributed by atoms with E-state index in [2.05, 4.69) is 40.6 Å². The van der Waals surface area contributed by atoms with E-state index in [0.717, 1.165) is 54.9 Å². The molecular weight excluding hydrogens is 400 g/mol. The standard InChI is InChI=1S/C24H27F2N3O2/c1-16(2)28-13-11-24(12-14-28)29-21(19-5-3-4-6-22(19)31-24)15-20(27-29)17-7-9-18(10-8-17)30-23(25)26/h3-10,16,21,23H,11-15H2,1-2H3/t21-/m1/s1. The Balaban J connectivity index is 1.46. The smallest absolute Gasteiger partial charge is 0.387 e. The van der Waals surface area contributed by atoms with E-state index in [-0.39, 0.29) is 11.8 Å². The third-order valence-corrected chi connectivity index (χ3v) is 6.63. The summed E-state index contributed by atoms with van der Waals surface area (Å²) >= 11 is 0. The van der Waals surface area contributed by atoms with Crippen molar-refractivity contribution in [3.8, 4) is 11.5 Å². The van der Waals surface area contributed by atoms with Gasteiger partial charge in [-0.2, -0.15) is 13.9 Å². The molecule has 7 heteroatoms. The largest absolute Gasteiger partial charge is 0.466 e. The Morgan fingerprint density at radius 2 is 1.77 bits per heavy atom.